The molecule has 0 fully saturated rings. The molecule has 1 unspecified atom stereocenters. The van der Waals surface area contributed by atoms with Crippen LogP contribution in [0.4, 0.5) is 4.39 Å². The van der Waals surface area contributed by atoms with Crippen molar-refractivity contribution in [3.8, 4) is 5.75 Å². The van der Waals surface area contributed by atoms with Crippen molar-refractivity contribution in [2.45, 2.75) is 5.72 Å². The van der Waals surface area contributed by atoms with E-state index in [9.17, 15) is 14.0 Å². The number of hydrogen-bond donors (Lipinski definition) is 1. The first-order valence-corrected chi connectivity index (χ1v) is 6.07. The number of Topliss-reactive ketones (excluding diaryl/α,β-unsaturated/α-hetero) is 1. The van der Waals surface area contributed by atoms with Crippen molar-refractivity contribution >= 4 is 11.7 Å². The predicted octanol–water partition coefficient (Wildman–Crippen LogP) is 2.00. The number of benzene rings is 2. The minimum atomic E-state index is -1.55. The van der Waals surface area contributed by atoms with E-state index in [1.54, 1.807) is 24.3 Å². The quantitative estimate of drug-likeness (QED) is 0.795. The maximum absolute atomic E-state index is 13.3. The lowest BCUT2D eigenvalue weighted by molar-refractivity contribution is 0.0414. The van der Waals surface area contributed by atoms with E-state index in [0.29, 0.717) is 11.1 Å². The molecule has 98 valence electrons. The highest BCUT2D eigenvalue weighted by atomic mass is 19.1. The Hall–Kier alpha value is -2.69. The summed E-state index contributed by atoms with van der Waals surface area (Å²) in [5.41, 5.74) is -0.549. The molecule has 2 aromatic carbocycles. The van der Waals surface area contributed by atoms with Gasteiger partial charge in [0.2, 0.25) is 5.78 Å². The van der Waals surface area contributed by atoms with Gasteiger partial charge in [0, 0.05) is 11.1 Å². The highest BCUT2D eigenvalue weighted by Crippen LogP contribution is 2.43. The van der Waals surface area contributed by atoms with E-state index in [1.165, 1.54) is 12.1 Å². The van der Waals surface area contributed by atoms with Gasteiger partial charge in [0.25, 0.3) is 11.6 Å². The standard InChI is InChI=1S/C15H8FNO3/c16-8-5-6-12-10(7-8)13(18)15(20-12)11-4-2-1-3-9(11)14(19)17-15/h1-7H,(H,17,19). The molecule has 0 bridgehead atoms. The van der Waals surface area contributed by atoms with Gasteiger partial charge in [-0.25, -0.2) is 4.39 Å². The van der Waals surface area contributed by atoms with Gasteiger partial charge in [-0.3, -0.25) is 9.59 Å². The Morgan fingerprint density at radius 3 is 2.70 bits per heavy atom. The second-order valence-electron chi connectivity index (χ2n) is 4.75. The number of carbonyl (C=O) groups is 2. The number of amides is 1. The summed E-state index contributed by atoms with van der Waals surface area (Å²) in [6, 6.07) is 10.5. The van der Waals surface area contributed by atoms with Crippen LogP contribution in [0.5, 0.6) is 5.75 Å². The van der Waals surface area contributed by atoms with Crippen LogP contribution in [0.25, 0.3) is 0 Å². The molecule has 1 N–H and O–H groups in total. The Labute approximate surface area is 113 Å². The Bertz CT molecular complexity index is 786. The molecule has 1 amide bonds. The molecule has 2 aromatic rings. The molecular formula is C15H8FNO3. The molecule has 0 aromatic heterocycles. The molecule has 2 aliphatic rings. The van der Waals surface area contributed by atoms with Crippen molar-refractivity contribution in [3.63, 3.8) is 0 Å². The molecule has 2 heterocycles. The van der Waals surface area contributed by atoms with E-state index in [4.69, 9.17) is 4.74 Å². The number of ether oxygens (including phenoxy) is 1. The van der Waals surface area contributed by atoms with Crippen molar-refractivity contribution in [1.82, 2.24) is 5.32 Å². The molecule has 5 heteroatoms. The average Bonchev–Trinajstić information content (AvgIpc) is 2.89. The zero-order valence-corrected chi connectivity index (χ0v) is 10.1. The molecule has 0 saturated heterocycles. The predicted molar refractivity (Wildman–Crippen MR) is 66.9 cm³/mol. The van der Waals surface area contributed by atoms with Crippen molar-refractivity contribution in [2.75, 3.05) is 0 Å². The molecule has 4 nitrogen and oxygen atoms in total. The Morgan fingerprint density at radius 2 is 1.85 bits per heavy atom. The van der Waals surface area contributed by atoms with Gasteiger partial charge in [-0.1, -0.05) is 18.2 Å². The second kappa shape index (κ2) is 3.45. The SMILES string of the molecule is O=C1NC2(Oc3ccc(F)cc3C2=O)c2ccccc21. The molecule has 20 heavy (non-hydrogen) atoms. The Kier molecular flexibility index (Phi) is 1.92. The highest BCUT2D eigenvalue weighted by Gasteiger charge is 2.56. The first kappa shape index (κ1) is 11.2. The molecule has 4 rings (SSSR count). The molecule has 0 radical (unpaired) electrons. The van der Waals surface area contributed by atoms with Crippen molar-refractivity contribution in [1.29, 1.82) is 0 Å². The molecule has 1 spiro atoms. The van der Waals surface area contributed by atoms with Crippen LogP contribution in [0.15, 0.2) is 42.5 Å². The van der Waals surface area contributed by atoms with Crippen LogP contribution < -0.4 is 10.1 Å². The number of ketones is 1. The molecule has 0 saturated carbocycles. The van der Waals surface area contributed by atoms with Crippen molar-refractivity contribution < 1.29 is 18.7 Å². The molecule has 1 atom stereocenters. The lowest BCUT2D eigenvalue weighted by atomic mass is 9.96. The zero-order chi connectivity index (χ0) is 13.9. The van der Waals surface area contributed by atoms with Crippen LogP contribution in [0.3, 0.4) is 0 Å². The van der Waals surface area contributed by atoms with Crippen LogP contribution in [0.2, 0.25) is 0 Å². The summed E-state index contributed by atoms with van der Waals surface area (Å²) >= 11 is 0. The minimum Gasteiger partial charge on any atom is -0.455 e. The number of halogens is 1. The number of fused-ring (bicyclic) bond motifs is 3. The van der Waals surface area contributed by atoms with Gasteiger partial charge in [-0.05, 0) is 24.3 Å². The van der Waals surface area contributed by atoms with E-state index >= 15 is 0 Å². The summed E-state index contributed by atoms with van der Waals surface area (Å²) in [6.45, 7) is 0. The monoisotopic (exact) mass is 269 g/mol. The largest absolute Gasteiger partial charge is 0.455 e. The third-order valence-electron chi connectivity index (χ3n) is 3.61. The van der Waals surface area contributed by atoms with Crippen LogP contribution >= 0.6 is 0 Å². The summed E-state index contributed by atoms with van der Waals surface area (Å²) in [5.74, 6) is -1.07. The van der Waals surface area contributed by atoms with E-state index in [1.807, 2.05) is 0 Å². The van der Waals surface area contributed by atoms with E-state index in [-0.39, 0.29) is 17.2 Å². The summed E-state index contributed by atoms with van der Waals surface area (Å²) in [6.07, 6.45) is 0. The topological polar surface area (TPSA) is 55.4 Å². The third-order valence-corrected chi connectivity index (χ3v) is 3.61. The molecular weight excluding hydrogens is 261 g/mol. The lowest BCUT2D eigenvalue weighted by Gasteiger charge is -2.22. The van der Waals surface area contributed by atoms with Gasteiger partial charge in [-0.2, -0.15) is 0 Å². The van der Waals surface area contributed by atoms with Gasteiger partial charge in [0.05, 0.1) is 5.56 Å². The average molecular weight is 269 g/mol. The van der Waals surface area contributed by atoms with Crippen molar-refractivity contribution in [3.05, 3.63) is 65.0 Å². The van der Waals surface area contributed by atoms with E-state index in [2.05, 4.69) is 5.32 Å². The first-order valence-electron chi connectivity index (χ1n) is 6.07. The Morgan fingerprint density at radius 1 is 1.05 bits per heavy atom. The van der Waals surface area contributed by atoms with Gasteiger partial charge in [-0.15, -0.1) is 0 Å². The van der Waals surface area contributed by atoms with E-state index < -0.39 is 17.3 Å². The maximum atomic E-state index is 13.3. The fraction of sp³-hybridized carbons (Fsp3) is 0.0667. The first-order chi connectivity index (χ1) is 9.62. The van der Waals surface area contributed by atoms with Crippen LogP contribution in [-0.2, 0) is 5.72 Å². The third kappa shape index (κ3) is 1.19. The van der Waals surface area contributed by atoms with Crippen LogP contribution in [0.1, 0.15) is 26.3 Å². The molecule has 2 aliphatic heterocycles. The number of hydrogen-bond acceptors (Lipinski definition) is 3. The maximum Gasteiger partial charge on any atom is 0.274 e. The van der Waals surface area contributed by atoms with Crippen LogP contribution in [0, 0.1) is 5.82 Å². The second-order valence-corrected chi connectivity index (χ2v) is 4.75. The number of rotatable bonds is 0. The highest BCUT2D eigenvalue weighted by molar-refractivity contribution is 6.14. The van der Waals surface area contributed by atoms with Gasteiger partial charge < -0.3 is 10.1 Å². The summed E-state index contributed by atoms with van der Waals surface area (Å²) < 4.78 is 19.0. The van der Waals surface area contributed by atoms with Gasteiger partial charge in [0.1, 0.15) is 11.6 Å². The lowest BCUT2D eigenvalue weighted by Crippen LogP contribution is -2.47. The Balaban J connectivity index is 1.94. The minimum absolute atomic E-state index is 0.141. The summed E-state index contributed by atoms with van der Waals surface area (Å²) in [4.78, 5) is 24.5. The fourth-order valence-corrected chi connectivity index (χ4v) is 2.71. The summed E-state index contributed by atoms with van der Waals surface area (Å²) in [5, 5.41) is 2.58. The fourth-order valence-electron chi connectivity index (χ4n) is 2.71. The number of nitrogens with one attached hydrogen (secondary N) is 1. The normalized spacial score (nSPS) is 22.4. The zero-order valence-electron chi connectivity index (χ0n) is 10.1. The number of carbonyl (C=O) groups excluding carboxylic acids is 2. The van der Waals surface area contributed by atoms with Crippen molar-refractivity contribution in [2.24, 2.45) is 0 Å². The summed E-state index contributed by atoms with van der Waals surface area (Å²) in [7, 11) is 0. The smallest absolute Gasteiger partial charge is 0.274 e. The molecule has 0 aliphatic carbocycles. The van der Waals surface area contributed by atoms with Gasteiger partial charge >= 0.3 is 0 Å². The van der Waals surface area contributed by atoms with E-state index in [0.717, 1.165) is 6.07 Å². The van der Waals surface area contributed by atoms with Gasteiger partial charge in [0.15, 0.2) is 0 Å². The van der Waals surface area contributed by atoms with Crippen LogP contribution in [-0.4, -0.2) is 11.7 Å².